The molecule has 1 aromatic heterocycles. The van der Waals surface area contributed by atoms with E-state index in [0.717, 1.165) is 30.8 Å². The molecule has 6 heteroatoms. The molecule has 0 saturated carbocycles. The summed E-state index contributed by atoms with van der Waals surface area (Å²) in [5.74, 6) is 0.134. The summed E-state index contributed by atoms with van der Waals surface area (Å²) < 4.78 is 2.00. The molecule has 1 aliphatic heterocycles. The number of aromatic nitrogens is 2. The Morgan fingerprint density at radius 2 is 2.09 bits per heavy atom. The number of fused-ring (bicyclic) bond motifs is 1. The van der Waals surface area contributed by atoms with Crippen molar-refractivity contribution in [3.05, 3.63) is 53.6 Å². The van der Waals surface area contributed by atoms with Gasteiger partial charge in [0.25, 0.3) is 5.91 Å². The molecule has 1 aliphatic rings. The van der Waals surface area contributed by atoms with E-state index in [9.17, 15) is 9.59 Å². The van der Waals surface area contributed by atoms with Gasteiger partial charge in [-0.05, 0) is 18.9 Å². The van der Waals surface area contributed by atoms with Gasteiger partial charge < -0.3 is 15.2 Å². The van der Waals surface area contributed by atoms with Crippen molar-refractivity contribution in [2.45, 2.75) is 32.4 Å². The minimum Gasteiger partial charge on any atom is -0.368 e. The first-order valence-corrected chi connectivity index (χ1v) is 7.76. The molecule has 0 fully saturated rings. The first-order chi connectivity index (χ1) is 11.1. The molecule has 0 unspecified atom stereocenters. The number of nitrogens with two attached hydrogens (primary N) is 1. The third kappa shape index (κ3) is 3.11. The van der Waals surface area contributed by atoms with Crippen molar-refractivity contribution in [3.8, 4) is 0 Å². The van der Waals surface area contributed by atoms with E-state index < -0.39 is 5.91 Å². The van der Waals surface area contributed by atoms with Gasteiger partial charge in [-0.1, -0.05) is 30.3 Å². The van der Waals surface area contributed by atoms with Crippen LogP contribution in [0.1, 0.15) is 41.3 Å². The predicted octanol–water partition coefficient (Wildman–Crippen LogP) is 1.52. The second-order valence-electron chi connectivity index (χ2n) is 5.83. The Balaban J connectivity index is 1.88. The van der Waals surface area contributed by atoms with Crippen molar-refractivity contribution in [1.29, 1.82) is 0 Å². The first-order valence-electron chi connectivity index (χ1n) is 7.76. The fraction of sp³-hybridized carbons (Fsp3) is 0.353. The molecule has 2 N–H and O–H groups in total. The Kier molecular flexibility index (Phi) is 4.14. The number of imidazole rings is 1. The zero-order chi connectivity index (χ0) is 16.4. The van der Waals surface area contributed by atoms with Gasteiger partial charge in [-0.2, -0.15) is 0 Å². The number of amides is 2. The van der Waals surface area contributed by atoms with Crippen molar-refractivity contribution in [1.82, 2.24) is 14.5 Å². The minimum absolute atomic E-state index is 0.128. The third-order valence-corrected chi connectivity index (χ3v) is 4.21. The molecule has 120 valence electrons. The number of benzene rings is 1. The Bertz CT molecular complexity index is 702. The van der Waals surface area contributed by atoms with E-state index in [1.807, 2.05) is 41.8 Å². The van der Waals surface area contributed by atoms with Crippen molar-refractivity contribution < 1.29 is 9.59 Å². The van der Waals surface area contributed by atoms with Crippen LogP contribution in [0.25, 0.3) is 0 Å². The van der Waals surface area contributed by atoms with Crippen LogP contribution in [0.15, 0.2) is 36.5 Å². The van der Waals surface area contributed by atoms with Crippen molar-refractivity contribution in [2.75, 3.05) is 6.54 Å². The lowest BCUT2D eigenvalue weighted by Crippen LogP contribution is -2.40. The Labute approximate surface area is 134 Å². The van der Waals surface area contributed by atoms with E-state index in [4.69, 9.17) is 5.73 Å². The maximum absolute atomic E-state index is 12.8. The van der Waals surface area contributed by atoms with Crippen LogP contribution in [-0.4, -0.2) is 32.8 Å². The zero-order valence-corrected chi connectivity index (χ0v) is 13.1. The maximum Gasteiger partial charge on any atom is 0.275 e. The summed E-state index contributed by atoms with van der Waals surface area (Å²) in [4.78, 5) is 30.2. The second kappa shape index (κ2) is 6.24. The fourth-order valence-electron chi connectivity index (χ4n) is 2.97. The lowest BCUT2D eigenvalue weighted by atomic mass is 10.1. The van der Waals surface area contributed by atoms with Crippen molar-refractivity contribution >= 4 is 11.8 Å². The summed E-state index contributed by atoms with van der Waals surface area (Å²) in [6, 6.07) is 9.33. The SMILES string of the molecule is C[C@H](c1ccccc1)N(CC(N)=O)C(=O)c1cn2c(n1)CCC2. The minimum atomic E-state index is -0.534. The first kappa shape index (κ1) is 15.3. The van der Waals surface area contributed by atoms with Gasteiger partial charge in [-0.3, -0.25) is 9.59 Å². The van der Waals surface area contributed by atoms with E-state index in [1.165, 1.54) is 4.90 Å². The van der Waals surface area contributed by atoms with Gasteiger partial charge in [0.1, 0.15) is 18.1 Å². The topological polar surface area (TPSA) is 81.2 Å². The van der Waals surface area contributed by atoms with Crippen LogP contribution in [0.3, 0.4) is 0 Å². The zero-order valence-electron chi connectivity index (χ0n) is 13.1. The van der Waals surface area contributed by atoms with Crippen LogP contribution >= 0.6 is 0 Å². The summed E-state index contributed by atoms with van der Waals surface area (Å²) >= 11 is 0. The van der Waals surface area contributed by atoms with Gasteiger partial charge in [0.2, 0.25) is 5.91 Å². The number of hydrogen-bond acceptors (Lipinski definition) is 3. The number of nitrogens with zero attached hydrogens (tertiary/aromatic N) is 3. The quantitative estimate of drug-likeness (QED) is 0.909. The Morgan fingerprint density at radius 3 is 2.74 bits per heavy atom. The number of carbonyl (C=O) groups is 2. The molecule has 0 radical (unpaired) electrons. The van der Waals surface area contributed by atoms with Gasteiger partial charge in [0.05, 0.1) is 6.04 Å². The highest BCUT2D eigenvalue weighted by Gasteiger charge is 2.27. The number of hydrogen-bond donors (Lipinski definition) is 1. The summed E-state index contributed by atoms with van der Waals surface area (Å²) in [6.45, 7) is 2.65. The molecule has 3 rings (SSSR count). The number of carbonyl (C=O) groups excluding carboxylic acids is 2. The molecular weight excluding hydrogens is 292 g/mol. The molecule has 2 aromatic rings. The molecule has 0 bridgehead atoms. The Morgan fingerprint density at radius 1 is 1.35 bits per heavy atom. The van der Waals surface area contributed by atoms with Crippen LogP contribution in [0, 0.1) is 0 Å². The molecule has 23 heavy (non-hydrogen) atoms. The molecule has 6 nitrogen and oxygen atoms in total. The molecule has 2 heterocycles. The summed E-state index contributed by atoms with van der Waals surface area (Å²) in [7, 11) is 0. The van der Waals surface area contributed by atoms with E-state index in [-0.39, 0.29) is 18.5 Å². The average Bonchev–Trinajstić information content (AvgIpc) is 3.13. The van der Waals surface area contributed by atoms with Gasteiger partial charge in [0.15, 0.2) is 0 Å². The smallest absolute Gasteiger partial charge is 0.275 e. The van der Waals surface area contributed by atoms with Gasteiger partial charge in [-0.25, -0.2) is 4.98 Å². The van der Waals surface area contributed by atoms with E-state index >= 15 is 0 Å². The lowest BCUT2D eigenvalue weighted by Gasteiger charge is -2.27. The maximum atomic E-state index is 12.8. The van der Waals surface area contributed by atoms with Crippen LogP contribution in [0.5, 0.6) is 0 Å². The summed E-state index contributed by atoms with van der Waals surface area (Å²) in [5, 5.41) is 0. The predicted molar refractivity (Wildman–Crippen MR) is 85.6 cm³/mol. The van der Waals surface area contributed by atoms with Crippen LogP contribution in [0.2, 0.25) is 0 Å². The van der Waals surface area contributed by atoms with Crippen molar-refractivity contribution in [2.24, 2.45) is 5.73 Å². The lowest BCUT2D eigenvalue weighted by molar-refractivity contribution is -0.119. The summed E-state index contributed by atoms with van der Waals surface area (Å²) in [6.07, 6.45) is 3.72. The van der Waals surface area contributed by atoms with Crippen LogP contribution < -0.4 is 5.73 Å². The molecule has 1 atom stereocenters. The standard InChI is InChI=1S/C17H20N4O2/c1-12(13-6-3-2-4-7-13)21(11-15(18)22)17(23)14-10-20-9-5-8-16(20)19-14/h2-4,6-7,10,12H,5,8-9,11H2,1H3,(H2,18,22)/t12-/m1/s1. The fourth-order valence-corrected chi connectivity index (χ4v) is 2.97. The summed E-state index contributed by atoms with van der Waals surface area (Å²) in [5.41, 5.74) is 6.67. The number of primary amides is 1. The third-order valence-electron chi connectivity index (χ3n) is 4.21. The van der Waals surface area contributed by atoms with Crippen LogP contribution in [-0.2, 0) is 17.8 Å². The average molecular weight is 312 g/mol. The van der Waals surface area contributed by atoms with E-state index in [0.29, 0.717) is 5.69 Å². The van der Waals surface area contributed by atoms with Gasteiger partial charge in [-0.15, -0.1) is 0 Å². The molecule has 2 amide bonds. The second-order valence-corrected chi connectivity index (χ2v) is 5.83. The molecule has 0 spiro atoms. The van der Waals surface area contributed by atoms with Crippen molar-refractivity contribution in [3.63, 3.8) is 0 Å². The molecule has 1 aromatic carbocycles. The molecule has 0 saturated heterocycles. The molecule has 0 aliphatic carbocycles. The molecular formula is C17H20N4O2. The monoisotopic (exact) mass is 312 g/mol. The Hall–Kier alpha value is -2.63. The van der Waals surface area contributed by atoms with Crippen LogP contribution in [0.4, 0.5) is 0 Å². The van der Waals surface area contributed by atoms with E-state index in [2.05, 4.69) is 4.98 Å². The van der Waals surface area contributed by atoms with Gasteiger partial charge >= 0.3 is 0 Å². The van der Waals surface area contributed by atoms with Gasteiger partial charge in [0, 0.05) is 19.2 Å². The van der Waals surface area contributed by atoms with E-state index in [1.54, 1.807) is 6.20 Å². The number of aryl methyl sites for hydroxylation is 2. The largest absolute Gasteiger partial charge is 0.368 e. The highest BCUT2D eigenvalue weighted by atomic mass is 16.2. The highest BCUT2D eigenvalue weighted by Crippen LogP contribution is 2.23. The number of rotatable bonds is 5. The normalized spacial score (nSPS) is 14.3. The highest BCUT2D eigenvalue weighted by molar-refractivity contribution is 5.95.